The molecular formula is C28H30F2N8O2. The Bertz CT molecular complexity index is 1500. The van der Waals surface area contributed by atoms with Crippen molar-refractivity contribution in [2.45, 2.75) is 31.9 Å². The van der Waals surface area contributed by atoms with Gasteiger partial charge in [0, 0.05) is 37.9 Å². The van der Waals surface area contributed by atoms with Crippen LogP contribution in [0.15, 0.2) is 48.9 Å². The summed E-state index contributed by atoms with van der Waals surface area (Å²) in [7, 11) is 0. The summed E-state index contributed by atoms with van der Waals surface area (Å²) in [4.78, 5) is 10.9. The molecule has 3 atom stereocenters. The number of piperidine rings is 1. The molecule has 1 fully saturated rings. The molecule has 5 rings (SSSR count). The molecule has 10 nitrogen and oxygen atoms in total. The van der Waals surface area contributed by atoms with Gasteiger partial charge in [-0.05, 0) is 42.3 Å². The van der Waals surface area contributed by atoms with E-state index in [1.165, 1.54) is 22.7 Å². The zero-order valence-corrected chi connectivity index (χ0v) is 22.0. The number of aliphatic hydroxyl groups excluding tert-OH is 1. The highest BCUT2D eigenvalue weighted by Gasteiger charge is 2.34. The summed E-state index contributed by atoms with van der Waals surface area (Å²) in [6, 6.07) is 9.35. The van der Waals surface area contributed by atoms with Crippen LogP contribution in [0.3, 0.4) is 0 Å². The Morgan fingerprint density at radius 2 is 2.00 bits per heavy atom. The number of nitrogens with zero attached hydrogens (tertiary/aromatic N) is 6. The van der Waals surface area contributed by atoms with Crippen molar-refractivity contribution in [2.24, 2.45) is 11.7 Å². The number of ether oxygens (including phenoxy) is 1. The van der Waals surface area contributed by atoms with Gasteiger partial charge in [0.15, 0.2) is 0 Å². The second-order valence-corrected chi connectivity index (χ2v) is 9.85. The summed E-state index contributed by atoms with van der Waals surface area (Å²) in [6.07, 6.45) is 5.29. The van der Waals surface area contributed by atoms with Crippen LogP contribution in [0.2, 0.25) is 0 Å². The number of aromatic nitrogens is 4. The van der Waals surface area contributed by atoms with Gasteiger partial charge in [-0.15, -0.1) is 0 Å². The first-order valence-electron chi connectivity index (χ1n) is 13.0. The Labute approximate surface area is 230 Å². The average Bonchev–Trinajstić information content (AvgIpc) is 3.32. The van der Waals surface area contributed by atoms with E-state index in [2.05, 4.69) is 38.3 Å². The third-order valence-corrected chi connectivity index (χ3v) is 6.97. The van der Waals surface area contributed by atoms with E-state index in [4.69, 9.17) is 20.8 Å². The van der Waals surface area contributed by atoms with Crippen LogP contribution in [-0.4, -0.2) is 63.1 Å². The molecule has 1 aliphatic rings. The van der Waals surface area contributed by atoms with Gasteiger partial charge in [0.25, 0.3) is 0 Å². The van der Waals surface area contributed by atoms with Crippen molar-refractivity contribution in [1.82, 2.24) is 19.6 Å². The van der Waals surface area contributed by atoms with Gasteiger partial charge in [-0.25, -0.2) is 13.8 Å². The molecule has 1 aliphatic heterocycles. The van der Waals surface area contributed by atoms with Crippen LogP contribution in [0.5, 0.6) is 0 Å². The number of nitrogens with one attached hydrogen (secondary N) is 1. The lowest BCUT2D eigenvalue weighted by atomic mass is 9.92. The summed E-state index contributed by atoms with van der Waals surface area (Å²) >= 11 is 0. The van der Waals surface area contributed by atoms with Crippen LogP contribution >= 0.6 is 0 Å². The van der Waals surface area contributed by atoms with E-state index in [9.17, 15) is 8.78 Å². The number of imidazole rings is 1. The first-order valence-corrected chi connectivity index (χ1v) is 13.0. The van der Waals surface area contributed by atoms with Gasteiger partial charge >= 0.3 is 0 Å². The van der Waals surface area contributed by atoms with Gasteiger partial charge in [-0.1, -0.05) is 6.92 Å². The minimum absolute atomic E-state index is 0.101. The molecule has 3 unspecified atom stereocenters. The highest BCUT2D eigenvalue weighted by molar-refractivity contribution is 5.74. The van der Waals surface area contributed by atoms with E-state index >= 15 is 0 Å². The first-order chi connectivity index (χ1) is 19.4. The maximum absolute atomic E-state index is 14.9. The molecule has 0 aliphatic carbocycles. The van der Waals surface area contributed by atoms with Crippen molar-refractivity contribution >= 4 is 22.8 Å². The molecule has 0 saturated carbocycles. The number of halogens is 2. The molecule has 4 heterocycles. The van der Waals surface area contributed by atoms with Crippen LogP contribution in [0, 0.1) is 28.9 Å². The Kier molecular flexibility index (Phi) is 8.16. The third-order valence-electron chi connectivity index (χ3n) is 6.97. The largest absolute Gasteiger partial charge is 0.396 e. The number of hydrogen-bond donors (Lipinski definition) is 3. The van der Waals surface area contributed by atoms with Crippen LogP contribution in [0.25, 0.3) is 16.8 Å². The van der Waals surface area contributed by atoms with Crippen molar-refractivity contribution in [3.63, 3.8) is 0 Å². The van der Waals surface area contributed by atoms with Crippen molar-refractivity contribution in [3.8, 4) is 17.3 Å². The number of fused-ring (bicyclic) bond motifs is 1. The molecule has 3 aromatic heterocycles. The van der Waals surface area contributed by atoms with E-state index in [0.29, 0.717) is 48.8 Å². The summed E-state index contributed by atoms with van der Waals surface area (Å²) in [5.74, 6) is -1.06. The van der Waals surface area contributed by atoms with Crippen LogP contribution in [-0.2, 0) is 11.2 Å². The number of nitrogens with two attached hydrogens (primary N) is 1. The number of aliphatic hydroxyl groups is 1. The second kappa shape index (κ2) is 11.9. The van der Waals surface area contributed by atoms with Gasteiger partial charge in [0.1, 0.15) is 11.6 Å². The SMILES string of the molecule is CC1CN(c2ccncc2Nc2ncc3ccc(-c4c(F)cc(CCO)cc4F)nn23)CC(N)C1OCCC#N. The lowest BCUT2D eigenvalue weighted by Gasteiger charge is -2.42. The van der Waals surface area contributed by atoms with Crippen molar-refractivity contribution in [1.29, 1.82) is 5.26 Å². The standard InChI is InChI=1S/C28H30F2N8O2/c1-17-15-37(16-22(32)27(17)40-10-2-7-31)25-5-8-33-14-24(25)35-28-34-13-19-3-4-23(36-38(19)28)26-20(29)11-18(6-9-39)12-21(26)30/h3-5,8,11-14,17,22,27,39H,2,6,9-10,15-16,32H2,1H3,(H,34,35). The molecule has 208 valence electrons. The van der Waals surface area contributed by atoms with E-state index in [0.717, 1.165) is 5.69 Å². The quantitative estimate of drug-likeness (QED) is 0.269. The summed E-state index contributed by atoms with van der Waals surface area (Å²) in [5, 5.41) is 25.7. The second-order valence-electron chi connectivity index (χ2n) is 9.85. The number of nitriles is 1. The molecule has 0 spiro atoms. The van der Waals surface area contributed by atoms with E-state index in [-0.39, 0.29) is 42.3 Å². The zero-order chi connectivity index (χ0) is 28.2. The molecule has 4 aromatic rings. The van der Waals surface area contributed by atoms with Gasteiger partial charge in [0.05, 0.1) is 65.7 Å². The number of hydrogen-bond acceptors (Lipinski definition) is 9. The van der Waals surface area contributed by atoms with Crippen LogP contribution in [0.4, 0.5) is 26.1 Å². The number of rotatable bonds is 9. The van der Waals surface area contributed by atoms with E-state index in [1.807, 2.05) is 6.07 Å². The highest BCUT2D eigenvalue weighted by Crippen LogP contribution is 2.32. The molecule has 40 heavy (non-hydrogen) atoms. The number of benzene rings is 1. The average molecular weight is 549 g/mol. The number of pyridine rings is 1. The topological polar surface area (TPSA) is 138 Å². The molecule has 0 radical (unpaired) electrons. The predicted molar refractivity (Wildman–Crippen MR) is 146 cm³/mol. The Morgan fingerprint density at radius 1 is 1.20 bits per heavy atom. The van der Waals surface area contributed by atoms with Crippen molar-refractivity contribution in [2.75, 3.05) is 36.5 Å². The molecular weight excluding hydrogens is 518 g/mol. The monoisotopic (exact) mass is 548 g/mol. The summed E-state index contributed by atoms with van der Waals surface area (Å²) in [6.45, 7) is 3.43. The predicted octanol–water partition coefficient (Wildman–Crippen LogP) is 3.43. The molecule has 4 N–H and O–H groups in total. The lowest BCUT2D eigenvalue weighted by Crippen LogP contribution is -2.56. The van der Waals surface area contributed by atoms with Crippen molar-refractivity contribution in [3.05, 3.63) is 66.1 Å². The number of anilines is 3. The smallest absolute Gasteiger partial charge is 0.229 e. The maximum Gasteiger partial charge on any atom is 0.229 e. The van der Waals surface area contributed by atoms with Crippen LogP contribution < -0.4 is 16.0 Å². The van der Waals surface area contributed by atoms with Crippen LogP contribution in [0.1, 0.15) is 18.9 Å². The fourth-order valence-electron chi connectivity index (χ4n) is 5.16. The fourth-order valence-corrected chi connectivity index (χ4v) is 5.16. The maximum atomic E-state index is 14.9. The Morgan fingerprint density at radius 3 is 2.73 bits per heavy atom. The van der Waals surface area contributed by atoms with E-state index < -0.39 is 11.6 Å². The van der Waals surface area contributed by atoms with Gasteiger partial charge in [-0.3, -0.25) is 4.98 Å². The van der Waals surface area contributed by atoms with Gasteiger partial charge in [0.2, 0.25) is 5.95 Å². The minimum Gasteiger partial charge on any atom is -0.396 e. The molecule has 0 bridgehead atoms. The zero-order valence-electron chi connectivity index (χ0n) is 22.0. The molecule has 1 saturated heterocycles. The summed E-state index contributed by atoms with van der Waals surface area (Å²) < 4.78 is 37.1. The van der Waals surface area contributed by atoms with Gasteiger partial charge < -0.3 is 25.8 Å². The Hall–Kier alpha value is -4.18. The highest BCUT2D eigenvalue weighted by atomic mass is 19.1. The fraction of sp³-hybridized carbons (Fsp3) is 0.357. The van der Waals surface area contributed by atoms with E-state index in [1.54, 1.807) is 24.7 Å². The summed E-state index contributed by atoms with van der Waals surface area (Å²) in [5.41, 5.74) is 8.83. The first kappa shape index (κ1) is 27.4. The third kappa shape index (κ3) is 5.58. The van der Waals surface area contributed by atoms with Gasteiger partial charge in [-0.2, -0.15) is 14.9 Å². The lowest BCUT2D eigenvalue weighted by molar-refractivity contribution is -0.00331. The Balaban J connectivity index is 1.42. The van der Waals surface area contributed by atoms with Crippen molar-refractivity contribution < 1.29 is 18.6 Å². The molecule has 1 aromatic carbocycles. The molecule has 12 heteroatoms. The minimum atomic E-state index is -0.759. The molecule has 0 amide bonds. The normalized spacial score (nSPS) is 19.1.